The highest BCUT2D eigenvalue weighted by atomic mass is 16.2. The van der Waals surface area contributed by atoms with Gasteiger partial charge in [0, 0.05) is 43.9 Å². The minimum Gasteiger partial charge on any atom is -0.352 e. The summed E-state index contributed by atoms with van der Waals surface area (Å²) < 4.78 is 0. The number of nitrogens with one attached hydrogen (secondary N) is 1. The highest BCUT2D eigenvalue weighted by molar-refractivity contribution is 5.81. The molecule has 1 heterocycles. The first-order valence-electron chi connectivity index (χ1n) is 9.61. The van der Waals surface area contributed by atoms with Crippen molar-refractivity contribution in [3.05, 3.63) is 30.1 Å². The van der Waals surface area contributed by atoms with Crippen LogP contribution >= 0.6 is 0 Å². The van der Waals surface area contributed by atoms with E-state index in [1.165, 1.54) is 0 Å². The van der Waals surface area contributed by atoms with Gasteiger partial charge in [-0.2, -0.15) is 0 Å². The van der Waals surface area contributed by atoms with Crippen LogP contribution in [0.5, 0.6) is 0 Å². The third kappa shape index (κ3) is 5.83. The van der Waals surface area contributed by atoms with E-state index < -0.39 is 0 Å². The zero-order valence-electron chi connectivity index (χ0n) is 15.5. The van der Waals surface area contributed by atoms with E-state index in [0.717, 1.165) is 57.2 Å². The molecule has 2 rings (SSSR count). The number of nitrogens with zero attached hydrogens (tertiary/aromatic N) is 2. The minimum atomic E-state index is 0.0338. The van der Waals surface area contributed by atoms with Gasteiger partial charge < -0.3 is 10.2 Å². The molecule has 0 bridgehead atoms. The van der Waals surface area contributed by atoms with E-state index >= 15 is 0 Å². The Morgan fingerprint density at radius 1 is 1.12 bits per heavy atom. The van der Waals surface area contributed by atoms with Crippen molar-refractivity contribution in [2.45, 2.75) is 58.9 Å². The standard InChI is InChI=1S/C20H31N3O2/c1-3-12-23(13-4-2)20(25)18-9-7-17(8-10-18)19(24)22-15-16-6-5-11-21-14-16/h5-6,11,14,17-18H,3-4,7-10,12-13,15H2,1-2H3,(H,22,24). The van der Waals surface area contributed by atoms with Gasteiger partial charge in [0.2, 0.25) is 11.8 Å². The molecule has 1 aliphatic carbocycles. The summed E-state index contributed by atoms with van der Waals surface area (Å²) in [6.07, 6.45) is 8.76. The fourth-order valence-corrected chi connectivity index (χ4v) is 3.57. The third-order valence-electron chi connectivity index (χ3n) is 4.94. The number of amides is 2. The smallest absolute Gasteiger partial charge is 0.225 e. The molecule has 5 heteroatoms. The Morgan fingerprint density at radius 2 is 1.76 bits per heavy atom. The Bertz CT molecular complexity index is 533. The van der Waals surface area contributed by atoms with Crippen molar-refractivity contribution in [2.24, 2.45) is 11.8 Å². The van der Waals surface area contributed by atoms with E-state index in [4.69, 9.17) is 0 Å². The van der Waals surface area contributed by atoms with E-state index in [2.05, 4.69) is 24.1 Å². The second-order valence-electron chi connectivity index (χ2n) is 6.95. The number of carbonyl (C=O) groups excluding carboxylic acids is 2. The summed E-state index contributed by atoms with van der Waals surface area (Å²) in [4.78, 5) is 31.1. The number of carbonyl (C=O) groups is 2. The zero-order valence-corrected chi connectivity index (χ0v) is 15.5. The van der Waals surface area contributed by atoms with Crippen molar-refractivity contribution >= 4 is 11.8 Å². The maximum atomic E-state index is 12.7. The van der Waals surface area contributed by atoms with Gasteiger partial charge in [-0.1, -0.05) is 19.9 Å². The first kappa shape index (κ1) is 19.4. The summed E-state index contributed by atoms with van der Waals surface area (Å²) >= 11 is 0. The Balaban J connectivity index is 1.78. The fourth-order valence-electron chi connectivity index (χ4n) is 3.57. The zero-order chi connectivity index (χ0) is 18.1. The molecule has 2 amide bonds. The lowest BCUT2D eigenvalue weighted by molar-refractivity contribution is -0.138. The number of aromatic nitrogens is 1. The lowest BCUT2D eigenvalue weighted by atomic mass is 9.81. The largest absolute Gasteiger partial charge is 0.352 e. The van der Waals surface area contributed by atoms with Gasteiger partial charge in [0.1, 0.15) is 0 Å². The van der Waals surface area contributed by atoms with Crippen LogP contribution in [-0.4, -0.2) is 34.8 Å². The summed E-state index contributed by atoms with van der Waals surface area (Å²) in [5.41, 5.74) is 1.01. The number of hydrogen-bond acceptors (Lipinski definition) is 3. The van der Waals surface area contributed by atoms with Gasteiger partial charge in [0.25, 0.3) is 0 Å². The second kappa shape index (κ2) is 10.2. The molecule has 1 aromatic rings. The fraction of sp³-hybridized carbons (Fsp3) is 0.650. The van der Waals surface area contributed by atoms with Gasteiger partial charge in [-0.25, -0.2) is 0 Å². The van der Waals surface area contributed by atoms with Crippen LogP contribution in [0.3, 0.4) is 0 Å². The molecular weight excluding hydrogens is 314 g/mol. The molecule has 0 aliphatic heterocycles. The molecule has 1 aliphatic rings. The van der Waals surface area contributed by atoms with Crippen molar-refractivity contribution < 1.29 is 9.59 Å². The Morgan fingerprint density at radius 3 is 2.32 bits per heavy atom. The van der Waals surface area contributed by atoms with Crippen molar-refractivity contribution in [3.63, 3.8) is 0 Å². The van der Waals surface area contributed by atoms with Crippen LogP contribution in [0.15, 0.2) is 24.5 Å². The summed E-state index contributed by atoms with van der Waals surface area (Å²) in [6, 6.07) is 3.83. The van der Waals surface area contributed by atoms with Crippen LogP contribution in [0.2, 0.25) is 0 Å². The predicted octanol–water partition coefficient (Wildman–Crippen LogP) is 3.15. The van der Waals surface area contributed by atoms with Gasteiger partial charge in [0.05, 0.1) is 0 Å². The van der Waals surface area contributed by atoms with Gasteiger partial charge in [-0.15, -0.1) is 0 Å². The minimum absolute atomic E-state index is 0.0338. The van der Waals surface area contributed by atoms with Crippen LogP contribution in [0, 0.1) is 11.8 Å². The molecule has 0 atom stereocenters. The van der Waals surface area contributed by atoms with Crippen LogP contribution in [0.4, 0.5) is 0 Å². The van der Waals surface area contributed by atoms with Crippen LogP contribution < -0.4 is 5.32 Å². The number of rotatable bonds is 8. The first-order valence-corrected chi connectivity index (χ1v) is 9.61. The predicted molar refractivity (Wildman–Crippen MR) is 98.7 cm³/mol. The van der Waals surface area contributed by atoms with Crippen LogP contribution in [0.25, 0.3) is 0 Å². The highest BCUT2D eigenvalue weighted by Gasteiger charge is 2.31. The Hall–Kier alpha value is -1.91. The Kier molecular flexibility index (Phi) is 7.89. The summed E-state index contributed by atoms with van der Waals surface area (Å²) in [5, 5.41) is 3.00. The van der Waals surface area contributed by atoms with Gasteiger partial charge in [-0.05, 0) is 50.2 Å². The molecule has 0 radical (unpaired) electrons. The van der Waals surface area contributed by atoms with Crippen LogP contribution in [-0.2, 0) is 16.1 Å². The van der Waals surface area contributed by atoms with Gasteiger partial charge in [0.15, 0.2) is 0 Å². The van der Waals surface area contributed by atoms with Crippen molar-refractivity contribution in [1.29, 1.82) is 0 Å². The normalized spacial score (nSPS) is 20.1. The van der Waals surface area contributed by atoms with Crippen molar-refractivity contribution in [1.82, 2.24) is 15.2 Å². The summed E-state index contributed by atoms with van der Waals surface area (Å²) in [7, 11) is 0. The second-order valence-corrected chi connectivity index (χ2v) is 6.95. The highest BCUT2D eigenvalue weighted by Crippen LogP contribution is 2.30. The Labute approximate surface area is 151 Å². The van der Waals surface area contributed by atoms with E-state index in [1.807, 2.05) is 17.0 Å². The lowest BCUT2D eigenvalue weighted by Crippen LogP contribution is -2.40. The molecule has 5 nitrogen and oxygen atoms in total. The number of pyridine rings is 1. The first-order chi connectivity index (χ1) is 12.2. The summed E-state index contributed by atoms with van der Waals surface area (Å²) in [6.45, 7) is 6.43. The molecule has 1 aromatic heterocycles. The van der Waals surface area contributed by atoms with Crippen molar-refractivity contribution in [3.8, 4) is 0 Å². The molecule has 0 aromatic carbocycles. The quantitative estimate of drug-likeness (QED) is 0.787. The SMILES string of the molecule is CCCN(CCC)C(=O)C1CCC(C(=O)NCc2cccnc2)CC1. The van der Waals surface area contributed by atoms with Gasteiger partial charge in [-0.3, -0.25) is 14.6 Å². The van der Waals surface area contributed by atoms with E-state index in [9.17, 15) is 9.59 Å². The molecule has 0 spiro atoms. The molecule has 1 fully saturated rings. The maximum absolute atomic E-state index is 12.7. The molecule has 1 N–H and O–H groups in total. The molecular formula is C20H31N3O2. The monoisotopic (exact) mass is 345 g/mol. The maximum Gasteiger partial charge on any atom is 0.225 e. The van der Waals surface area contributed by atoms with Gasteiger partial charge >= 0.3 is 0 Å². The molecule has 0 unspecified atom stereocenters. The van der Waals surface area contributed by atoms with Crippen molar-refractivity contribution in [2.75, 3.05) is 13.1 Å². The number of hydrogen-bond donors (Lipinski definition) is 1. The summed E-state index contributed by atoms with van der Waals surface area (Å²) in [5.74, 6) is 0.527. The topological polar surface area (TPSA) is 62.3 Å². The average Bonchev–Trinajstić information content (AvgIpc) is 2.66. The van der Waals surface area contributed by atoms with E-state index in [0.29, 0.717) is 6.54 Å². The van der Waals surface area contributed by atoms with E-state index in [1.54, 1.807) is 12.4 Å². The molecule has 138 valence electrons. The molecule has 25 heavy (non-hydrogen) atoms. The lowest BCUT2D eigenvalue weighted by Gasteiger charge is -2.31. The van der Waals surface area contributed by atoms with E-state index in [-0.39, 0.29) is 23.7 Å². The van der Waals surface area contributed by atoms with Crippen LogP contribution in [0.1, 0.15) is 57.9 Å². The average molecular weight is 345 g/mol. The molecule has 1 saturated carbocycles. The molecule has 0 saturated heterocycles. The third-order valence-corrected chi connectivity index (χ3v) is 4.94.